The van der Waals surface area contributed by atoms with E-state index in [1.807, 2.05) is 0 Å². The molecule has 4 rings (SSSR count). The topological polar surface area (TPSA) is 94.2 Å². The first-order chi connectivity index (χ1) is 15.9. The Morgan fingerprint density at radius 3 is 2.67 bits per heavy atom. The van der Waals surface area contributed by atoms with E-state index in [1.54, 1.807) is 24.3 Å². The van der Waals surface area contributed by atoms with Crippen LogP contribution in [0.5, 0.6) is 5.75 Å². The fraction of sp³-hybridized carbons (Fsp3) is 0.435. The number of rotatable bonds is 7. The van der Waals surface area contributed by atoms with E-state index in [4.69, 9.17) is 14.2 Å². The van der Waals surface area contributed by atoms with E-state index in [2.05, 4.69) is 5.32 Å². The van der Waals surface area contributed by atoms with Gasteiger partial charge in [0.1, 0.15) is 18.2 Å². The maximum atomic E-state index is 14.5. The first-order valence-electron chi connectivity index (χ1n) is 11.0. The number of halogens is 1. The summed E-state index contributed by atoms with van der Waals surface area (Å²) < 4.78 is 58.3. The number of hydrogen-bond acceptors (Lipinski definition) is 6. The Morgan fingerprint density at radius 1 is 1.12 bits per heavy atom. The van der Waals surface area contributed by atoms with Crippen LogP contribution in [-0.2, 0) is 19.5 Å². The molecule has 1 N–H and O–H groups in total. The van der Waals surface area contributed by atoms with Crippen LogP contribution in [0.1, 0.15) is 29.6 Å². The van der Waals surface area contributed by atoms with Gasteiger partial charge in [-0.2, -0.15) is 4.31 Å². The van der Waals surface area contributed by atoms with Crippen LogP contribution in [0.4, 0.5) is 10.1 Å². The zero-order valence-electron chi connectivity index (χ0n) is 18.2. The number of hydrogen-bond donors (Lipinski definition) is 1. The number of nitrogens with zero attached hydrogens (tertiary/aromatic N) is 1. The molecule has 0 aliphatic carbocycles. The highest BCUT2D eigenvalue weighted by molar-refractivity contribution is 7.89. The predicted octanol–water partition coefficient (Wildman–Crippen LogP) is 3.05. The largest absolute Gasteiger partial charge is 0.489 e. The lowest BCUT2D eigenvalue weighted by Crippen LogP contribution is -2.40. The molecule has 33 heavy (non-hydrogen) atoms. The molecule has 178 valence electrons. The maximum absolute atomic E-state index is 14.5. The molecule has 0 aromatic heterocycles. The summed E-state index contributed by atoms with van der Waals surface area (Å²) in [4.78, 5) is 12.7. The summed E-state index contributed by atoms with van der Waals surface area (Å²) in [7, 11) is -3.87. The molecule has 2 aromatic rings. The molecule has 0 spiro atoms. The van der Waals surface area contributed by atoms with Crippen LogP contribution in [-0.4, -0.2) is 64.3 Å². The van der Waals surface area contributed by atoms with Crippen LogP contribution in [0.15, 0.2) is 47.4 Å². The molecule has 2 heterocycles. The van der Waals surface area contributed by atoms with Gasteiger partial charge >= 0.3 is 0 Å². The van der Waals surface area contributed by atoms with Crippen LogP contribution in [0.25, 0.3) is 0 Å². The number of para-hydroxylation sites is 2. The van der Waals surface area contributed by atoms with Crippen molar-refractivity contribution in [2.75, 3.05) is 44.8 Å². The molecule has 2 saturated heterocycles. The van der Waals surface area contributed by atoms with Gasteiger partial charge in [0.15, 0.2) is 0 Å². The number of ether oxygens (including phenoxy) is 3. The molecule has 0 bridgehead atoms. The van der Waals surface area contributed by atoms with Crippen LogP contribution >= 0.6 is 0 Å². The number of carbonyl (C=O) groups is 1. The van der Waals surface area contributed by atoms with Crippen LogP contribution in [0.3, 0.4) is 0 Å². The second-order valence-corrected chi connectivity index (χ2v) is 9.85. The zero-order chi connectivity index (χ0) is 23.3. The van der Waals surface area contributed by atoms with Crippen molar-refractivity contribution in [3.8, 4) is 5.75 Å². The molecule has 0 saturated carbocycles. The van der Waals surface area contributed by atoms with Gasteiger partial charge < -0.3 is 19.5 Å². The van der Waals surface area contributed by atoms with Gasteiger partial charge in [-0.25, -0.2) is 12.8 Å². The monoisotopic (exact) mass is 478 g/mol. The standard InChI is InChI=1S/C23H27FN2O6S/c24-20-9-8-18(33(28,29)26-10-13-30-14-11-26)15-19(20)23(27)25-21-6-1-2-7-22(21)32-16-17-5-3-4-12-31-17/h1-2,6-9,15,17H,3-5,10-14,16H2,(H,25,27). The van der Waals surface area contributed by atoms with Crippen molar-refractivity contribution in [2.45, 2.75) is 30.3 Å². The summed E-state index contributed by atoms with van der Waals surface area (Å²) in [6, 6.07) is 10.0. The number of anilines is 1. The number of benzene rings is 2. The van der Waals surface area contributed by atoms with Gasteiger partial charge in [-0.3, -0.25) is 4.79 Å². The molecule has 1 unspecified atom stereocenters. The van der Waals surface area contributed by atoms with Gasteiger partial charge in [-0.1, -0.05) is 12.1 Å². The Kier molecular flexibility index (Phi) is 7.59. The SMILES string of the molecule is O=C(Nc1ccccc1OCC1CCCCO1)c1cc(S(=O)(=O)N2CCOCC2)ccc1F. The molecular weight excluding hydrogens is 451 g/mol. The average molecular weight is 479 g/mol. The molecule has 1 amide bonds. The van der Waals surface area contributed by atoms with Crippen molar-refractivity contribution in [3.63, 3.8) is 0 Å². The smallest absolute Gasteiger partial charge is 0.258 e. The van der Waals surface area contributed by atoms with E-state index in [0.29, 0.717) is 24.7 Å². The van der Waals surface area contributed by atoms with Gasteiger partial charge in [0.25, 0.3) is 5.91 Å². The summed E-state index contributed by atoms with van der Waals surface area (Å²) in [5.74, 6) is -1.16. The molecule has 1 atom stereocenters. The van der Waals surface area contributed by atoms with Crippen molar-refractivity contribution in [1.29, 1.82) is 0 Å². The van der Waals surface area contributed by atoms with E-state index in [-0.39, 0.29) is 42.9 Å². The van der Waals surface area contributed by atoms with Crippen molar-refractivity contribution >= 4 is 21.6 Å². The number of nitrogens with one attached hydrogen (secondary N) is 1. The molecule has 2 fully saturated rings. The highest BCUT2D eigenvalue weighted by atomic mass is 32.2. The molecule has 10 heteroatoms. The van der Waals surface area contributed by atoms with E-state index in [1.165, 1.54) is 4.31 Å². The molecule has 8 nitrogen and oxygen atoms in total. The third-order valence-corrected chi connectivity index (χ3v) is 7.52. The maximum Gasteiger partial charge on any atom is 0.258 e. The highest BCUT2D eigenvalue weighted by Gasteiger charge is 2.28. The summed E-state index contributed by atoms with van der Waals surface area (Å²) in [6.45, 7) is 2.03. The van der Waals surface area contributed by atoms with E-state index in [0.717, 1.165) is 37.5 Å². The normalized spacial score (nSPS) is 19.7. The Hall–Kier alpha value is -2.53. The van der Waals surface area contributed by atoms with Gasteiger partial charge in [0, 0.05) is 19.7 Å². The number of sulfonamides is 1. The third kappa shape index (κ3) is 5.70. The number of carbonyl (C=O) groups excluding carboxylic acids is 1. The number of morpholine rings is 1. The molecule has 0 radical (unpaired) electrons. The summed E-state index contributed by atoms with van der Waals surface area (Å²) in [5, 5.41) is 2.64. The van der Waals surface area contributed by atoms with Crippen LogP contribution in [0, 0.1) is 5.82 Å². The number of amides is 1. The second-order valence-electron chi connectivity index (χ2n) is 7.91. The first kappa shape index (κ1) is 23.6. The van der Waals surface area contributed by atoms with Gasteiger partial charge in [0.2, 0.25) is 10.0 Å². The highest BCUT2D eigenvalue weighted by Crippen LogP contribution is 2.27. The van der Waals surface area contributed by atoms with E-state index < -0.39 is 21.7 Å². The van der Waals surface area contributed by atoms with Crippen molar-refractivity contribution in [2.24, 2.45) is 0 Å². The minimum Gasteiger partial charge on any atom is -0.489 e. The fourth-order valence-corrected chi connectivity index (χ4v) is 5.22. The second kappa shape index (κ2) is 10.6. The molecular formula is C23H27FN2O6S. The Bertz CT molecular complexity index is 1080. The van der Waals surface area contributed by atoms with Gasteiger partial charge in [-0.15, -0.1) is 0 Å². The van der Waals surface area contributed by atoms with Crippen molar-refractivity contribution in [3.05, 3.63) is 53.8 Å². The lowest BCUT2D eigenvalue weighted by atomic mass is 10.1. The van der Waals surface area contributed by atoms with Gasteiger partial charge in [-0.05, 0) is 49.6 Å². The van der Waals surface area contributed by atoms with Crippen LogP contribution < -0.4 is 10.1 Å². The zero-order valence-corrected chi connectivity index (χ0v) is 19.0. The minimum atomic E-state index is -3.87. The first-order valence-corrected chi connectivity index (χ1v) is 12.4. The Morgan fingerprint density at radius 2 is 1.91 bits per heavy atom. The molecule has 2 aliphatic heterocycles. The van der Waals surface area contributed by atoms with E-state index >= 15 is 0 Å². The average Bonchev–Trinajstić information content (AvgIpc) is 2.85. The molecule has 2 aliphatic rings. The van der Waals surface area contributed by atoms with E-state index in [9.17, 15) is 17.6 Å². The quantitative estimate of drug-likeness (QED) is 0.658. The summed E-state index contributed by atoms with van der Waals surface area (Å²) in [6.07, 6.45) is 3.01. The summed E-state index contributed by atoms with van der Waals surface area (Å²) in [5.41, 5.74) is -0.00565. The third-order valence-electron chi connectivity index (χ3n) is 5.62. The van der Waals surface area contributed by atoms with Crippen molar-refractivity contribution in [1.82, 2.24) is 4.31 Å². The lowest BCUT2D eigenvalue weighted by molar-refractivity contribution is -0.0109. The summed E-state index contributed by atoms with van der Waals surface area (Å²) >= 11 is 0. The lowest BCUT2D eigenvalue weighted by Gasteiger charge is -2.26. The molecule has 2 aromatic carbocycles. The van der Waals surface area contributed by atoms with Crippen LogP contribution in [0.2, 0.25) is 0 Å². The van der Waals surface area contributed by atoms with Gasteiger partial charge in [0.05, 0.1) is 35.5 Å². The predicted molar refractivity (Wildman–Crippen MR) is 119 cm³/mol. The Labute approximate surface area is 192 Å². The fourth-order valence-electron chi connectivity index (χ4n) is 3.78. The minimum absolute atomic E-state index is 0.0120. The Balaban J connectivity index is 1.50. The van der Waals surface area contributed by atoms with Crippen molar-refractivity contribution < 1.29 is 31.8 Å².